The number of fused-ring (bicyclic) bond motifs is 5. The number of carbonyl (C=O) groups is 3. The highest BCUT2D eigenvalue weighted by atomic mass is 19.1. The average Bonchev–Trinajstić information content (AvgIpc) is 3.21. The van der Waals surface area contributed by atoms with Gasteiger partial charge < -0.3 is 29.2 Å². The van der Waals surface area contributed by atoms with E-state index < -0.39 is 70.1 Å². The molecule has 0 saturated carbocycles. The molecule has 6 rings (SSSR count). The van der Waals surface area contributed by atoms with Gasteiger partial charge in [0.25, 0.3) is 11.8 Å². The van der Waals surface area contributed by atoms with Crippen molar-refractivity contribution in [3.8, 4) is 5.75 Å². The van der Waals surface area contributed by atoms with Gasteiger partial charge in [-0.25, -0.2) is 18.0 Å². The Kier molecular flexibility index (Phi) is 7.34. The lowest BCUT2D eigenvalue weighted by atomic mass is 9.88. The number of nitrogens with one attached hydrogen (secondary N) is 1. The van der Waals surface area contributed by atoms with Gasteiger partial charge in [-0.1, -0.05) is 30.3 Å². The Balaban J connectivity index is 1.46. The van der Waals surface area contributed by atoms with Gasteiger partial charge in [0, 0.05) is 50.1 Å². The standard InChI is InChI=1S/C31H29F3N4O6/c1-17-8-9-31(16-36(2)30(42)44-31)24-14-37(17)29(41)25-27(43-15-18-6-4-3-5-7-18)26(39)21(13-38(24)25)28(40)35-12-20-22(33)10-19(32)11-23(20)34/h3-7,10-11,13,17,24H,8-9,12,14-16H2,1-2H3,(H,35,40)/t17?,24?,31-/m1/s1. The molecule has 0 radical (unpaired) electrons. The predicted molar refractivity (Wildman–Crippen MR) is 150 cm³/mol. The SMILES string of the molecule is CC1CC[C@@]2(CN(C)C(=O)O2)C2CN1C(=O)c1c(OCc3ccccc3)c(=O)c(C(=O)NCc3c(F)cc(F)cc3F)cn12. The first-order valence-corrected chi connectivity index (χ1v) is 14.1. The third-order valence-electron chi connectivity index (χ3n) is 8.60. The number of hydrogen-bond acceptors (Lipinski definition) is 6. The molecule has 3 aromatic rings. The van der Waals surface area contributed by atoms with E-state index in [-0.39, 0.29) is 37.2 Å². The van der Waals surface area contributed by atoms with Gasteiger partial charge in [-0.2, -0.15) is 0 Å². The van der Waals surface area contributed by atoms with Crippen molar-refractivity contribution in [3.63, 3.8) is 0 Å². The molecule has 1 N–H and O–H groups in total. The summed E-state index contributed by atoms with van der Waals surface area (Å²) in [5.41, 5.74) is -2.43. The lowest BCUT2D eigenvalue weighted by molar-refractivity contribution is -0.00232. The first-order chi connectivity index (χ1) is 21.0. The van der Waals surface area contributed by atoms with Crippen LogP contribution in [-0.2, 0) is 17.9 Å². The molecular formula is C31H29F3N4O6. The zero-order valence-electron chi connectivity index (χ0n) is 23.9. The zero-order chi connectivity index (χ0) is 31.3. The maximum Gasteiger partial charge on any atom is 0.410 e. The van der Waals surface area contributed by atoms with Gasteiger partial charge in [-0.3, -0.25) is 14.4 Å². The van der Waals surface area contributed by atoms with E-state index in [0.29, 0.717) is 30.5 Å². The van der Waals surface area contributed by atoms with Crippen LogP contribution in [0.3, 0.4) is 0 Å². The number of benzene rings is 2. The van der Waals surface area contributed by atoms with Crippen LogP contribution in [0.4, 0.5) is 18.0 Å². The third-order valence-corrected chi connectivity index (χ3v) is 8.60. The van der Waals surface area contributed by atoms with Gasteiger partial charge in [-0.15, -0.1) is 0 Å². The van der Waals surface area contributed by atoms with Crippen LogP contribution in [0.15, 0.2) is 53.5 Å². The van der Waals surface area contributed by atoms with Crippen molar-refractivity contribution in [1.82, 2.24) is 19.7 Å². The highest BCUT2D eigenvalue weighted by molar-refractivity contribution is 5.99. The molecule has 2 unspecified atom stereocenters. The number of pyridine rings is 1. The lowest BCUT2D eigenvalue weighted by Crippen LogP contribution is -2.53. The molecular weight excluding hydrogens is 581 g/mol. The highest BCUT2D eigenvalue weighted by Gasteiger charge is 2.56. The van der Waals surface area contributed by atoms with Gasteiger partial charge in [0.15, 0.2) is 17.0 Å². The summed E-state index contributed by atoms with van der Waals surface area (Å²) in [6, 6.07) is 8.93. The van der Waals surface area contributed by atoms with Crippen LogP contribution in [0.5, 0.6) is 5.75 Å². The summed E-state index contributed by atoms with van der Waals surface area (Å²) >= 11 is 0. The Morgan fingerprint density at radius 3 is 2.48 bits per heavy atom. The van der Waals surface area contributed by atoms with E-state index >= 15 is 0 Å². The monoisotopic (exact) mass is 610 g/mol. The number of likely N-dealkylation sites (N-methyl/N-ethyl adjacent to an activating group) is 1. The minimum atomic E-state index is -1.20. The molecule has 2 bridgehead atoms. The second-order valence-corrected chi connectivity index (χ2v) is 11.4. The van der Waals surface area contributed by atoms with Crippen LogP contribution in [0, 0.1) is 17.5 Å². The Morgan fingerprint density at radius 1 is 1.11 bits per heavy atom. The maximum absolute atomic E-state index is 14.3. The molecule has 3 amide bonds. The molecule has 1 aromatic heterocycles. The van der Waals surface area contributed by atoms with E-state index in [1.165, 1.54) is 15.7 Å². The average molecular weight is 611 g/mol. The molecule has 230 valence electrons. The van der Waals surface area contributed by atoms with Gasteiger partial charge in [-0.05, 0) is 25.3 Å². The topological polar surface area (TPSA) is 110 Å². The third kappa shape index (κ3) is 4.95. The van der Waals surface area contributed by atoms with E-state index in [1.54, 1.807) is 42.3 Å². The van der Waals surface area contributed by atoms with Crippen molar-refractivity contribution < 1.29 is 37.0 Å². The van der Waals surface area contributed by atoms with Crippen LogP contribution in [-0.4, -0.2) is 64.1 Å². The Bertz CT molecular complexity index is 1710. The summed E-state index contributed by atoms with van der Waals surface area (Å²) in [7, 11) is 1.60. The smallest absolute Gasteiger partial charge is 0.410 e. The largest absolute Gasteiger partial charge is 0.483 e. The fourth-order valence-corrected chi connectivity index (χ4v) is 6.22. The van der Waals surface area contributed by atoms with Crippen molar-refractivity contribution >= 4 is 17.9 Å². The quantitative estimate of drug-likeness (QED) is 0.455. The van der Waals surface area contributed by atoms with Crippen molar-refractivity contribution in [2.75, 3.05) is 20.1 Å². The van der Waals surface area contributed by atoms with Gasteiger partial charge in [0.1, 0.15) is 29.6 Å². The number of amides is 3. The molecule has 3 aliphatic rings. The molecule has 2 fully saturated rings. The van der Waals surface area contributed by atoms with E-state index in [1.807, 2.05) is 6.92 Å². The molecule has 1 spiro atoms. The molecule has 44 heavy (non-hydrogen) atoms. The van der Waals surface area contributed by atoms with Crippen LogP contribution in [0.1, 0.15) is 57.8 Å². The summed E-state index contributed by atoms with van der Waals surface area (Å²) in [6.07, 6.45) is 1.61. The molecule has 13 heteroatoms. The summed E-state index contributed by atoms with van der Waals surface area (Å²) in [5.74, 6) is -5.38. The van der Waals surface area contributed by atoms with E-state index in [4.69, 9.17) is 9.47 Å². The van der Waals surface area contributed by atoms with Crippen LogP contribution in [0.25, 0.3) is 0 Å². The van der Waals surface area contributed by atoms with Crippen molar-refractivity contribution in [1.29, 1.82) is 0 Å². The van der Waals surface area contributed by atoms with Crippen molar-refractivity contribution in [2.45, 2.75) is 50.6 Å². The van der Waals surface area contributed by atoms with Gasteiger partial charge in [0.05, 0.1) is 12.6 Å². The molecule has 0 aliphatic carbocycles. The van der Waals surface area contributed by atoms with E-state index in [2.05, 4.69) is 5.32 Å². The molecule has 2 saturated heterocycles. The summed E-state index contributed by atoms with van der Waals surface area (Å²) in [5, 5.41) is 2.33. The Hall–Kier alpha value is -4.81. The number of nitrogens with zero attached hydrogens (tertiary/aromatic N) is 3. The number of hydrogen-bond donors (Lipinski definition) is 1. The summed E-state index contributed by atoms with van der Waals surface area (Å²) < 4.78 is 55.4. The van der Waals surface area contributed by atoms with Gasteiger partial charge >= 0.3 is 6.09 Å². The number of ether oxygens (including phenoxy) is 2. The minimum Gasteiger partial charge on any atom is -0.483 e. The molecule has 10 nitrogen and oxygen atoms in total. The van der Waals surface area contributed by atoms with E-state index in [9.17, 15) is 32.3 Å². The molecule has 4 heterocycles. The summed E-state index contributed by atoms with van der Waals surface area (Å²) in [6.45, 7) is 1.45. The second kappa shape index (κ2) is 11.0. The van der Waals surface area contributed by atoms with Crippen molar-refractivity contribution in [2.24, 2.45) is 0 Å². The first-order valence-electron chi connectivity index (χ1n) is 14.1. The maximum atomic E-state index is 14.3. The van der Waals surface area contributed by atoms with Crippen LogP contribution < -0.4 is 15.5 Å². The number of carbonyl (C=O) groups excluding carboxylic acids is 3. The predicted octanol–water partition coefficient (Wildman–Crippen LogP) is 3.77. The molecule has 3 atom stereocenters. The molecule has 3 aliphatic heterocycles. The summed E-state index contributed by atoms with van der Waals surface area (Å²) in [4.78, 5) is 57.0. The number of halogens is 3. The first kappa shape index (κ1) is 29.3. The fourth-order valence-electron chi connectivity index (χ4n) is 6.22. The lowest BCUT2D eigenvalue weighted by Gasteiger charge is -2.42. The Morgan fingerprint density at radius 2 is 1.82 bits per heavy atom. The van der Waals surface area contributed by atoms with Gasteiger partial charge in [0.2, 0.25) is 5.43 Å². The van der Waals surface area contributed by atoms with Crippen LogP contribution in [0.2, 0.25) is 0 Å². The highest BCUT2D eigenvalue weighted by Crippen LogP contribution is 2.45. The fraction of sp³-hybridized carbons (Fsp3) is 0.355. The van der Waals surface area contributed by atoms with Crippen molar-refractivity contribution in [3.05, 3.63) is 98.7 Å². The Labute approximate surface area is 250 Å². The normalized spacial score (nSPS) is 22.5. The van der Waals surface area contributed by atoms with Crippen LogP contribution >= 0.6 is 0 Å². The molecule has 2 aromatic carbocycles. The van der Waals surface area contributed by atoms with E-state index in [0.717, 1.165) is 0 Å². The number of rotatable bonds is 6. The number of aromatic nitrogens is 1. The zero-order valence-corrected chi connectivity index (χ0v) is 23.9. The second-order valence-electron chi connectivity index (χ2n) is 11.4. The minimum absolute atomic E-state index is 0.0897.